The van der Waals surface area contributed by atoms with Gasteiger partial charge in [0, 0.05) is 6.42 Å². The zero-order chi connectivity index (χ0) is 12.4. The van der Waals surface area contributed by atoms with Gasteiger partial charge >= 0.3 is 0 Å². The molecular formula is C11H11F2N3S. The summed E-state index contributed by atoms with van der Waals surface area (Å²) >= 11 is 1.38. The van der Waals surface area contributed by atoms with E-state index in [4.69, 9.17) is 5.73 Å². The molecule has 0 bridgehead atoms. The minimum atomic E-state index is -0.848. The van der Waals surface area contributed by atoms with Crippen LogP contribution in [0.1, 0.15) is 28.5 Å². The number of nitrogens with zero attached hydrogens (tertiary/aromatic N) is 2. The Morgan fingerprint density at radius 1 is 1.29 bits per heavy atom. The van der Waals surface area contributed by atoms with Crippen molar-refractivity contribution in [2.24, 2.45) is 5.73 Å². The van der Waals surface area contributed by atoms with Crippen molar-refractivity contribution in [3.8, 4) is 0 Å². The van der Waals surface area contributed by atoms with Gasteiger partial charge in [-0.15, -0.1) is 10.2 Å². The van der Waals surface area contributed by atoms with Crippen molar-refractivity contribution < 1.29 is 8.78 Å². The molecule has 6 heteroatoms. The summed E-state index contributed by atoms with van der Waals surface area (Å²) in [6.07, 6.45) is 0.432. The average Bonchev–Trinajstić information content (AvgIpc) is 2.72. The topological polar surface area (TPSA) is 51.8 Å². The van der Waals surface area contributed by atoms with E-state index in [2.05, 4.69) is 10.2 Å². The molecule has 1 aromatic carbocycles. The number of nitrogens with two attached hydrogens (primary N) is 1. The quantitative estimate of drug-likeness (QED) is 0.916. The van der Waals surface area contributed by atoms with Crippen LogP contribution in [0.4, 0.5) is 8.78 Å². The Balaban J connectivity index is 2.16. The second-order valence-electron chi connectivity index (χ2n) is 3.75. The Morgan fingerprint density at radius 2 is 2.06 bits per heavy atom. The number of rotatable bonds is 3. The lowest BCUT2D eigenvalue weighted by molar-refractivity contribution is 0.507. The third kappa shape index (κ3) is 2.83. The maximum atomic E-state index is 13.0. The van der Waals surface area contributed by atoms with Crippen LogP contribution >= 0.6 is 11.3 Å². The summed E-state index contributed by atoms with van der Waals surface area (Å²) in [6.45, 7) is 1.82. The molecule has 0 aliphatic rings. The molecule has 1 unspecified atom stereocenters. The maximum absolute atomic E-state index is 13.0. The Kier molecular flexibility index (Phi) is 3.44. The van der Waals surface area contributed by atoms with Gasteiger partial charge in [-0.2, -0.15) is 0 Å². The molecule has 0 radical (unpaired) electrons. The average molecular weight is 255 g/mol. The van der Waals surface area contributed by atoms with Gasteiger partial charge in [-0.3, -0.25) is 0 Å². The SMILES string of the molecule is CC(N)c1nnc(Cc2ccc(F)c(F)c2)s1. The van der Waals surface area contributed by atoms with Crippen LogP contribution in [0, 0.1) is 11.6 Å². The largest absolute Gasteiger partial charge is 0.322 e. The van der Waals surface area contributed by atoms with E-state index in [0.29, 0.717) is 12.0 Å². The van der Waals surface area contributed by atoms with E-state index in [1.807, 2.05) is 6.92 Å². The fourth-order valence-corrected chi connectivity index (χ4v) is 2.18. The van der Waals surface area contributed by atoms with Gasteiger partial charge < -0.3 is 5.73 Å². The molecule has 0 aliphatic carbocycles. The summed E-state index contributed by atoms with van der Waals surface area (Å²) in [7, 11) is 0. The number of benzene rings is 1. The van der Waals surface area contributed by atoms with Crippen LogP contribution in [0.3, 0.4) is 0 Å². The second kappa shape index (κ2) is 4.85. The first-order valence-corrected chi connectivity index (χ1v) is 5.89. The van der Waals surface area contributed by atoms with Crippen LogP contribution in [0.2, 0.25) is 0 Å². The van der Waals surface area contributed by atoms with E-state index in [9.17, 15) is 8.78 Å². The Morgan fingerprint density at radius 3 is 2.65 bits per heavy atom. The summed E-state index contributed by atoms with van der Waals surface area (Å²) in [6, 6.07) is 3.65. The summed E-state index contributed by atoms with van der Waals surface area (Å²) in [5.74, 6) is -1.69. The van der Waals surface area contributed by atoms with E-state index in [-0.39, 0.29) is 6.04 Å². The summed E-state index contributed by atoms with van der Waals surface area (Å²) in [5, 5.41) is 9.36. The zero-order valence-corrected chi connectivity index (χ0v) is 9.97. The normalized spacial score (nSPS) is 12.7. The first-order chi connectivity index (χ1) is 8.06. The van der Waals surface area contributed by atoms with E-state index in [1.165, 1.54) is 23.5 Å². The first-order valence-electron chi connectivity index (χ1n) is 5.08. The smallest absolute Gasteiger partial charge is 0.159 e. The van der Waals surface area contributed by atoms with E-state index in [0.717, 1.165) is 16.1 Å². The third-order valence-corrected chi connectivity index (χ3v) is 3.34. The predicted molar refractivity (Wildman–Crippen MR) is 61.7 cm³/mol. The monoisotopic (exact) mass is 255 g/mol. The second-order valence-corrected chi connectivity index (χ2v) is 4.84. The van der Waals surface area contributed by atoms with Gasteiger partial charge in [-0.1, -0.05) is 17.4 Å². The Hall–Kier alpha value is -1.40. The summed E-state index contributed by atoms with van der Waals surface area (Å²) in [5.41, 5.74) is 6.33. The van der Waals surface area contributed by atoms with E-state index < -0.39 is 11.6 Å². The van der Waals surface area contributed by atoms with Crippen LogP contribution in [-0.4, -0.2) is 10.2 Å². The molecule has 1 atom stereocenters. The lowest BCUT2D eigenvalue weighted by atomic mass is 10.1. The molecule has 0 aliphatic heterocycles. The van der Waals surface area contributed by atoms with Gasteiger partial charge in [0.1, 0.15) is 10.0 Å². The van der Waals surface area contributed by atoms with Crippen molar-refractivity contribution in [3.63, 3.8) is 0 Å². The minimum absolute atomic E-state index is 0.161. The molecule has 0 saturated carbocycles. The highest BCUT2D eigenvalue weighted by atomic mass is 32.1. The van der Waals surface area contributed by atoms with Gasteiger partial charge in [-0.05, 0) is 24.6 Å². The lowest BCUT2D eigenvalue weighted by Gasteiger charge is -1.98. The predicted octanol–water partition coefficient (Wildman–Crippen LogP) is 2.43. The highest BCUT2D eigenvalue weighted by Crippen LogP contribution is 2.19. The van der Waals surface area contributed by atoms with Crippen molar-refractivity contribution in [3.05, 3.63) is 45.4 Å². The van der Waals surface area contributed by atoms with Crippen LogP contribution in [0.15, 0.2) is 18.2 Å². The minimum Gasteiger partial charge on any atom is -0.322 e. The molecule has 1 aromatic heterocycles. The van der Waals surface area contributed by atoms with Crippen molar-refractivity contribution in [2.75, 3.05) is 0 Å². The molecule has 90 valence electrons. The van der Waals surface area contributed by atoms with Gasteiger partial charge in [0.15, 0.2) is 11.6 Å². The van der Waals surface area contributed by atoms with Crippen molar-refractivity contribution in [1.82, 2.24) is 10.2 Å². The number of hydrogen-bond acceptors (Lipinski definition) is 4. The van der Waals surface area contributed by atoms with Crippen LogP contribution in [0.5, 0.6) is 0 Å². The lowest BCUT2D eigenvalue weighted by Crippen LogP contribution is -2.03. The molecule has 3 nitrogen and oxygen atoms in total. The molecule has 0 fully saturated rings. The molecule has 2 rings (SSSR count). The van der Waals surface area contributed by atoms with Gasteiger partial charge in [0.25, 0.3) is 0 Å². The third-order valence-electron chi connectivity index (χ3n) is 2.21. The molecule has 2 N–H and O–H groups in total. The molecule has 2 aromatic rings. The van der Waals surface area contributed by atoms with Crippen molar-refractivity contribution in [1.29, 1.82) is 0 Å². The van der Waals surface area contributed by atoms with Gasteiger partial charge in [0.05, 0.1) is 6.04 Å². The van der Waals surface area contributed by atoms with Crippen molar-refractivity contribution in [2.45, 2.75) is 19.4 Å². The van der Waals surface area contributed by atoms with Gasteiger partial charge in [-0.25, -0.2) is 8.78 Å². The van der Waals surface area contributed by atoms with Crippen LogP contribution < -0.4 is 5.73 Å². The molecule has 0 spiro atoms. The van der Waals surface area contributed by atoms with E-state index in [1.54, 1.807) is 0 Å². The van der Waals surface area contributed by atoms with E-state index >= 15 is 0 Å². The van der Waals surface area contributed by atoms with Crippen molar-refractivity contribution >= 4 is 11.3 Å². The van der Waals surface area contributed by atoms with Crippen LogP contribution in [0.25, 0.3) is 0 Å². The molecule has 1 heterocycles. The molecule has 0 saturated heterocycles. The first kappa shape index (κ1) is 12.1. The fourth-order valence-electron chi connectivity index (χ4n) is 1.35. The summed E-state index contributed by atoms with van der Waals surface area (Å²) < 4.78 is 25.7. The highest BCUT2D eigenvalue weighted by molar-refractivity contribution is 7.11. The highest BCUT2D eigenvalue weighted by Gasteiger charge is 2.09. The fraction of sp³-hybridized carbons (Fsp3) is 0.273. The standard InChI is InChI=1S/C11H11F2N3S/c1-6(14)11-16-15-10(17-11)5-7-2-3-8(12)9(13)4-7/h2-4,6H,5,14H2,1H3. The summed E-state index contributed by atoms with van der Waals surface area (Å²) in [4.78, 5) is 0. The maximum Gasteiger partial charge on any atom is 0.159 e. The molecule has 0 amide bonds. The molecular weight excluding hydrogens is 244 g/mol. The molecule has 17 heavy (non-hydrogen) atoms. The Bertz CT molecular complexity index is 525. The number of halogens is 2. The van der Waals surface area contributed by atoms with Crippen LogP contribution in [-0.2, 0) is 6.42 Å². The number of aromatic nitrogens is 2. The van der Waals surface area contributed by atoms with Gasteiger partial charge in [0.2, 0.25) is 0 Å². The Labute approximate surface area is 101 Å². The zero-order valence-electron chi connectivity index (χ0n) is 9.15. The number of hydrogen-bond donors (Lipinski definition) is 1.